The fourth-order valence-electron chi connectivity index (χ4n) is 2.84. The third-order valence-electron chi connectivity index (χ3n) is 4.12. The number of carbonyl (C=O) groups excluding carboxylic acids is 1. The Morgan fingerprint density at radius 3 is 2.58 bits per heavy atom. The number of nitrogen functional groups attached to an aromatic ring is 1. The molecule has 0 unspecified atom stereocenters. The summed E-state index contributed by atoms with van der Waals surface area (Å²) >= 11 is 6.04. The van der Waals surface area contributed by atoms with E-state index in [0.29, 0.717) is 27.7 Å². The Bertz CT molecular complexity index is 758. The first kappa shape index (κ1) is 16.5. The Kier molecular flexibility index (Phi) is 4.81. The number of rotatable bonds is 4. The summed E-state index contributed by atoms with van der Waals surface area (Å²) in [5.74, 6) is 0.696. The van der Waals surface area contributed by atoms with Crippen molar-refractivity contribution in [3.63, 3.8) is 0 Å². The quantitative estimate of drug-likeness (QED) is 0.824. The summed E-state index contributed by atoms with van der Waals surface area (Å²) in [7, 11) is 1.59. The van der Waals surface area contributed by atoms with Crippen molar-refractivity contribution in [2.45, 2.75) is 12.8 Å². The number of nitrogens with zero attached hydrogens (tertiary/aromatic N) is 1. The number of nitrogens with one attached hydrogen (secondary N) is 1. The van der Waals surface area contributed by atoms with Gasteiger partial charge in [-0.1, -0.05) is 11.6 Å². The van der Waals surface area contributed by atoms with Gasteiger partial charge in [-0.05, 0) is 49.2 Å². The van der Waals surface area contributed by atoms with Gasteiger partial charge in [-0.15, -0.1) is 0 Å². The summed E-state index contributed by atoms with van der Waals surface area (Å²) in [6.07, 6.45) is 2.13. The van der Waals surface area contributed by atoms with Gasteiger partial charge in [0, 0.05) is 23.7 Å². The van der Waals surface area contributed by atoms with Gasteiger partial charge in [-0.2, -0.15) is 0 Å². The summed E-state index contributed by atoms with van der Waals surface area (Å²) in [5.41, 5.74) is 8.66. The molecule has 1 fully saturated rings. The van der Waals surface area contributed by atoms with E-state index < -0.39 is 0 Å². The first-order chi connectivity index (χ1) is 11.6. The van der Waals surface area contributed by atoms with E-state index in [-0.39, 0.29) is 5.91 Å². The predicted octanol–water partition coefficient (Wildman–Crippen LogP) is 3.91. The van der Waals surface area contributed by atoms with E-state index in [9.17, 15) is 4.79 Å². The molecule has 6 heteroatoms. The number of hydrogen-bond acceptors (Lipinski definition) is 4. The molecule has 0 spiro atoms. The van der Waals surface area contributed by atoms with Crippen LogP contribution >= 0.6 is 11.6 Å². The van der Waals surface area contributed by atoms with Crippen LogP contribution < -0.4 is 15.8 Å². The minimum Gasteiger partial charge on any atom is -0.495 e. The topological polar surface area (TPSA) is 67.6 Å². The van der Waals surface area contributed by atoms with Gasteiger partial charge >= 0.3 is 0 Å². The Morgan fingerprint density at radius 1 is 1.17 bits per heavy atom. The van der Waals surface area contributed by atoms with Gasteiger partial charge < -0.3 is 20.7 Å². The van der Waals surface area contributed by atoms with Gasteiger partial charge in [-0.3, -0.25) is 4.79 Å². The van der Waals surface area contributed by atoms with Crippen LogP contribution in [0.25, 0.3) is 0 Å². The van der Waals surface area contributed by atoms with Gasteiger partial charge in [0.15, 0.2) is 0 Å². The zero-order valence-electron chi connectivity index (χ0n) is 13.5. The predicted molar refractivity (Wildman–Crippen MR) is 97.3 cm³/mol. The summed E-state index contributed by atoms with van der Waals surface area (Å²) in [5, 5.41) is 3.80. The van der Waals surface area contributed by atoms with Crippen molar-refractivity contribution < 1.29 is 9.53 Å². The molecule has 1 amide bonds. The van der Waals surface area contributed by atoms with Crippen LogP contribution in [0.15, 0.2) is 36.4 Å². The number of hydrogen-bond donors (Lipinski definition) is 2. The summed E-state index contributed by atoms with van der Waals surface area (Å²) in [6.45, 7) is 1.64. The van der Waals surface area contributed by atoms with Gasteiger partial charge in [-0.25, -0.2) is 0 Å². The van der Waals surface area contributed by atoms with Crippen molar-refractivity contribution >= 4 is 34.6 Å². The molecule has 0 aromatic heterocycles. The molecular weight excluding hydrogens is 326 g/mol. The summed E-state index contributed by atoms with van der Waals surface area (Å²) < 4.78 is 5.32. The zero-order chi connectivity index (χ0) is 17.1. The SMILES string of the molecule is COc1ccc(Cl)cc1Nc1ccc(C(=O)N2CCCC2)cc1N. The minimum absolute atomic E-state index is 0.0334. The maximum atomic E-state index is 12.4. The maximum absolute atomic E-state index is 12.4. The van der Waals surface area contributed by atoms with E-state index >= 15 is 0 Å². The van der Waals surface area contributed by atoms with Crippen LogP contribution in [0.3, 0.4) is 0 Å². The lowest BCUT2D eigenvalue weighted by atomic mass is 10.1. The van der Waals surface area contributed by atoms with E-state index in [1.807, 2.05) is 4.90 Å². The second-order valence-corrected chi connectivity index (χ2v) is 6.21. The van der Waals surface area contributed by atoms with Crippen molar-refractivity contribution in [2.24, 2.45) is 0 Å². The molecule has 0 atom stereocenters. The molecule has 0 saturated carbocycles. The Labute approximate surface area is 146 Å². The minimum atomic E-state index is 0.0334. The number of anilines is 3. The highest BCUT2D eigenvalue weighted by atomic mass is 35.5. The van der Waals surface area contributed by atoms with Crippen LogP contribution in [-0.4, -0.2) is 31.0 Å². The second-order valence-electron chi connectivity index (χ2n) is 5.77. The van der Waals surface area contributed by atoms with E-state index in [1.165, 1.54) is 0 Å². The fraction of sp³-hybridized carbons (Fsp3) is 0.278. The normalized spacial score (nSPS) is 13.8. The van der Waals surface area contributed by atoms with E-state index in [2.05, 4.69) is 5.32 Å². The number of methoxy groups -OCH3 is 1. The van der Waals surface area contributed by atoms with Crippen molar-refractivity contribution in [1.82, 2.24) is 4.90 Å². The van der Waals surface area contributed by atoms with Crippen LogP contribution in [0, 0.1) is 0 Å². The third-order valence-corrected chi connectivity index (χ3v) is 4.36. The first-order valence-corrected chi connectivity index (χ1v) is 8.25. The third kappa shape index (κ3) is 3.41. The molecule has 0 aliphatic carbocycles. The lowest BCUT2D eigenvalue weighted by Gasteiger charge is -2.17. The number of likely N-dealkylation sites (tertiary alicyclic amines) is 1. The second kappa shape index (κ2) is 7.01. The molecule has 2 aromatic carbocycles. The first-order valence-electron chi connectivity index (χ1n) is 7.88. The largest absolute Gasteiger partial charge is 0.495 e. The van der Waals surface area contributed by atoms with E-state index in [4.69, 9.17) is 22.1 Å². The average molecular weight is 346 g/mol. The molecule has 3 N–H and O–H groups in total. The Hall–Kier alpha value is -2.40. The number of halogens is 1. The standard InChI is InChI=1S/C18H20ClN3O2/c1-24-17-7-5-13(19)11-16(17)21-15-6-4-12(10-14(15)20)18(23)22-8-2-3-9-22/h4-7,10-11,21H,2-3,8-9,20H2,1H3. The molecule has 1 aliphatic heterocycles. The molecule has 126 valence electrons. The highest BCUT2D eigenvalue weighted by molar-refractivity contribution is 6.31. The molecule has 0 radical (unpaired) electrons. The molecule has 24 heavy (non-hydrogen) atoms. The monoisotopic (exact) mass is 345 g/mol. The molecule has 2 aromatic rings. The zero-order valence-corrected chi connectivity index (χ0v) is 14.3. The van der Waals surface area contributed by atoms with Gasteiger partial charge in [0.2, 0.25) is 0 Å². The van der Waals surface area contributed by atoms with Gasteiger partial charge in [0.05, 0.1) is 24.2 Å². The Morgan fingerprint density at radius 2 is 1.92 bits per heavy atom. The van der Waals surface area contributed by atoms with Crippen molar-refractivity contribution in [3.05, 3.63) is 47.0 Å². The molecule has 0 bridgehead atoms. The summed E-state index contributed by atoms with van der Waals surface area (Å²) in [4.78, 5) is 14.3. The molecule has 1 heterocycles. The van der Waals surface area contributed by atoms with Crippen LogP contribution in [0.4, 0.5) is 17.1 Å². The number of nitrogens with two attached hydrogens (primary N) is 1. The Balaban J connectivity index is 1.83. The molecule has 1 aliphatic rings. The number of ether oxygens (including phenoxy) is 1. The number of benzene rings is 2. The number of amides is 1. The van der Waals surface area contributed by atoms with Crippen molar-refractivity contribution in [1.29, 1.82) is 0 Å². The molecule has 5 nitrogen and oxygen atoms in total. The molecule has 3 rings (SSSR count). The van der Waals surface area contributed by atoms with Crippen molar-refractivity contribution in [2.75, 3.05) is 31.2 Å². The van der Waals surface area contributed by atoms with Crippen LogP contribution in [0.1, 0.15) is 23.2 Å². The van der Waals surface area contributed by atoms with Crippen LogP contribution in [0.5, 0.6) is 5.75 Å². The van der Waals surface area contributed by atoms with Gasteiger partial charge in [0.25, 0.3) is 5.91 Å². The lowest BCUT2D eigenvalue weighted by Crippen LogP contribution is -2.27. The van der Waals surface area contributed by atoms with E-state index in [1.54, 1.807) is 43.5 Å². The van der Waals surface area contributed by atoms with Crippen molar-refractivity contribution in [3.8, 4) is 5.75 Å². The fourth-order valence-corrected chi connectivity index (χ4v) is 3.01. The highest BCUT2D eigenvalue weighted by Crippen LogP contribution is 2.33. The van der Waals surface area contributed by atoms with Gasteiger partial charge in [0.1, 0.15) is 5.75 Å². The van der Waals surface area contributed by atoms with E-state index in [0.717, 1.165) is 31.6 Å². The smallest absolute Gasteiger partial charge is 0.253 e. The van der Waals surface area contributed by atoms with Crippen LogP contribution in [0.2, 0.25) is 5.02 Å². The van der Waals surface area contributed by atoms with Crippen LogP contribution in [-0.2, 0) is 0 Å². The molecule has 1 saturated heterocycles. The number of carbonyl (C=O) groups is 1. The average Bonchev–Trinajstić information content (AvgIpc) is 3.11. The highest BCUT2D eigenvalue weighted by Gasteiger charge is 2.20. The lowest BCUT2D eigenvalue weighted by molar-refractivity contribution is 0.0793. The molecular formula is C18H20ClN3O2. The summed E-state index contributed by atoms with van der Waals surface area (Å²) in [6, 6.07) is 10.6. The maximum Gasteiger partial charge on any atom is 0.253 e.